The van der Waals surface area contributed by atoms with E-state index in [4.69, 9.17) is 4.42 Å². The van der Waals surface area contributed by atoms with Crippen molar-refractivity contribution < 1.29 is 14.0 Å². The summed E-state index contributed by atoms with van der Waals surface area (Å²) < 4.78 is 7.73. The Hall–Kier alpha value is -3.02. The zero-order chi connectivity index (χ0) is 22.2. The summed E-state index contributed by atoms with van der Waals surface area (Å²) in [6.45, 7) is 6.47. The Bertz CT molecular complexity index is 1140. The van der Waals surface area contributed by atoms with Crippen LogP contribution in [0.1, 0.15) is 54.2 Å². The molecule has 2 aliphatic rings. The van der Waals surface area contributed by atoms with Crippen LogP contribution in [0.2, 0.25) is 0 Å². The second-order valence-electron chi connectivity index (χ2n) is 9.34. The van der Waals surface area contributed by atoms with Crippen LogP contribution in [-0.2, 0) is 11.3 Å². The fourth-order valence-corrected chi connectivity index (χ4v) is 5.31. The lowest BCUT2D eigenvalue weighted by Crippen LogP contribution is -2.56. The van der Waals surface area contributed by atoms with Crippen molar-refractivity contribution >= 4 is 22.9 Å². The fraction of sp³-hybridized carbons (Fsp3) is 0.462. The minimum Gasteiger partial charge on any atom is -0.448 e. The summed E-state index contributed by atoms with van der Waals surface area (Å²) in [5, 5.41) is 0.935. The number of benzene rings is 1. The van der Waals surface area contributed by atoms with Gasteiger partial charge in [-0.2, -0.15) is 0 Å². The van der Waals surface area contributed by atoms with Crippen molar-refractivity contribution in [2.45, 2.75) is 52.1 Å². The predicted molar refractivity (Wildman–Crippen MR) is 124 cm³/mol. The van der Waals surface area contributed by atoms with Gasteiger partial charge in [-0.1, -0.05) is 37.1 Å². The van der Waals surface area contributed by atoms with Gasteiger partial charge in [0.25, 0.3) is 5.91 Å². The number of aromatic nitrogens is 1. The SMILES string of the molecule is Cc1ccccc1Cn1c(C(=O)N2CCN(C(=O)C3CCCC3)C(C)C2)cc2ccoc21. The smallest absolute Gasteiger partial charge is 0.270 e. The van der Waals surface area contributed by atoms with Crippen molar-refractivity contribution in [3.8, 4) is 0 Å². The first-order valence-electron chi connectivity index (χ1n) is 11.7. The molecule has 1 aromatic carbocycles. The zero-order valence-corrected chi connectivity index (χ0v) is 18.9. The van der Waals surface area contributed by atoms with E-state index in [1.54, 1.807) is 6.26 Å². The first-order valence-corrected chi connectivity index (χ1v) is 11.7. The molecule has 3 heterocycles. The van der Waals surface area contributed by atoms with Gasteiger partial charge in [0.2, 0.25) is 11.6 Å². The number of piperazine rings is 1. The monoisotopic (exact) mass is 433 g/mol. The van der Waals surface area contributed by atoms with E-state index >= 15 is 0 Å². The number of carbonyl (C=O) groups is 2. The second-order valence-corrected chi connectivity index (χ2v) is 9.34. The molecule has 1 atom stereocenters. The molecule has 1 saturated carbocycles. The van der Waals surface area contributed by atoms with Crippen molar-refractivity contribution in [3.63, 3.8) is 0 Å². The van der Waals surface area contributed by atoms with Crippen LogP contribution in [-0.4, -0.2) is 51.9 Å². The first kappa shape index (κ1) is 20.9. The van der Waals surface area contributed by atoms with Crippen LogP contribution in [0.5, 0.6) is 0 Å². The molecule has 5 rings (SSSR count). The van der Waals surface area contributed by atoms with Gasteiger partial charge in [-0.05, 0) is 49.9 Å². The topological polar surface area (TPSA) is 58.7 Å². The molecule has 1 aliphatic carbocycles. The van der Waals surface area contributed by atoms with E-state index in [0.29, 0.717) is 31.9 Å². The molecule has 0 radical (unpaired) electrons. The molecule has 2 fully saturated rings. The zero-order valence-electron chi connectivity index (χ0n) is 18.9. The Kier molecular flexibility index (Phi) is 5.53. The maximum Gasteiger partial charge on any atom is 0.270 e. The number of aryl methyl sites for hydroxylation is 1. The van der Waals surface area contributed by atoms with Gasteiger partial charge < -0.3 is 18.8 Å². The van der Waals surface area contributed by atoms with Gasteiger partial charge in [-0.3, -0.25) is 9.59 Å². The largest absolute Gasteiger partial charge is 0.448 e. The molecule has 3 aromatic rings. The van der Waals surface area contributed by atoms with E-state index in [9.17, 15) is 9.59 Å². The normalized spacial score (nSPS) is 19.8. The molecule has 0 bridgehead atoms. The van der Waals surface area contributed by atoms with Crippen LogP contribution in [0.15, 0.2) is 47.1 Å². The average molecular weight is 434 g/mol. The Balaban J connectivity index is 1.37. The first-order chi connectivity index (χ1) is 15.5. The minimum absolute atomic E-state index is 0.00444. The van der Waals surface area contributed by atoms with Crippen LogP contribution in [0.4, 0.5) is 0 Å². The van der Waals surface area contributed by atoms with Crippen molar-refractivity contribution in [2.24, 2.45) is 5.92 Å². The number of fused-ring (bicyclic) bond motifs is 1. The minimum atomic E-state index is 0.00444. The maximum absolute atomic E-state index is 13.6. The Morgan fingerprint density at radius 1 is 1.09 bits per heavy atom. The van der Waals surface area contributed by atoms with Gasteiger partial charge in [0.1, 0.15) is 5.69 Å². The fourth-order valence-electron chi connectivity index (χ4n) is 5.31. The van der Waals surface area contributed by atoms with Crippen molar-refractivity contribution in [1.82, 2.24) is 14.4 Å². The summed E-state index contributed by atoms with van der Waals surface area (Å²) in [7, 11) is 0. The van der Waals surface area contributed by atoms with Crippen molar-refractivity contribution in [1.29, 1.82) is 0 Å². The lowest BCUT2D eigenvalue weighted by atomic mass is 10.0. The van der Waals surface area contributed by atoms with Crippen molar-refractivity contribution in [2.75, 3.05) is 19.6 Å². The molecule has 2 aromatic heterocycles. The molecule has 6 heteroatoms. The van der Waals surface area contributed by atoms with Gasteiger partial charge in [-0.15, -0.1) is 0 Å². The Morgan fingerprint density at radius 3 is 2.62 bits per heavy atom. The predicted octanol–water partition coefficient (Wildman–Crippen LogP) is 4.45. The molecule has 0 N–H and O–H groups in total. The highest BCUT2D eigenvalue weighted by Crippen LogP contribution is 2.29. The van der Waals surface area contributed by atoms with E-state index in [1.165, 1.54) is 5.56 Å². The molecule has 1 aliphatic heterocycles. The van der Waals surface area contributed by atoms with E-state index < -0.39 is 0 Å². The van der Waals surface area contributed by atoms with Gasteiger partial charge in [0, 0.05) is 37.0 Å². The summed E-state index contributed by atoms with van der Waals surface area (Å²) in [6, 6.07) is 12.1. The third kappa shape index (κ3) is 3.72. The summed E-state index contributed by atoms with van der Waals surface area (Å²) in [5.41, 5.74) is 3.72. The van der Waals surface area contributed by atoms with Crippen LogP contribution < -0.4 is 0 Å². The summed E-state index contributed by atoms with van der Waals surface area (Å²) in [5.74, 6) is 0.463. The quantitative estimate of drug-likeness (QED) is 0.611. The molecule has 1 unspecified atom stereocenters. The van der Waals surface area contributed by atoms with E-state index in [2.05, 4.69) is 26.0 Å². The molecule has 2 amide bonds. The highest BCUT2D eigenvalue weighted by Gasteiger charge is 2.35. The van der Waals surface area contributed by atoms with Crippen LogP contribution in [0.3, 0.4) is 0 Å². The standard InChI is InChI=1S/C26H31N3O3/c1-18-7-3-4-10-22(18)17-29-23(15-21-11-14-32-26(21)29)25(31)27-12-13-28(19(2)16-27)24(30)20-8-5-6-9-20/h3-4,7,10-11,14-15,19-20H,5-6,8-9,12-13,16-17H2,1-2H3. The number of hydrogen-bond acceptors (Lipinski definition) is 3. The van der Waals surface area contributed by atoms with Crippen molar-refractivity contribution in [3.05, 3.63) is 59.5 Å². The van der Waals surface area contributed by atoms with E-state index in [1.807, 2.05) is 38.6 Å². The summed E-state index contributed by atoms with van der Waals surface area (Å²) >= 11 is 0. The Labute approximate surface area is 188 Å². The number of amides is 2. The second kappa shape index (κ2) is 8.49. The number of furan rings is 1. The lowest BCUT2D eigenvalue weighted by Gasteiger charge is -2.41. The van der Waals surface area contributed by atoms with E-state index in [0.717, 1.165) is 42.3 Å². The highest BCUT2D eigenvalue weighted by molar-refractivity contribution is 5.98. The number of nitrogens with zero attached hydrogens (tertiary/aromatic N) is 3. The maximum atomic E-state index is 13.6. The summed E-state index contributed by atoms with van der Waals surface area (Å²) in [6.07, 6.45) is 6.00. The molecule has 168 valence electrons. The third-order valence-corrected chi connectivity index (χ3v) is 7.21. The molecular weight excluding hydrogens is 402 g/mol. The van der Waals surface area contributed by atoms with Crippen LogP contribution in [0, 0.1) is 12.8 Å². The highest BCUT2D eigenvalue weighted by atomic mass is 16.3. The lowest BCUT2D eigenvalue weighted by molar-refractivity contribution is -0.139. The van der Waals surface area contributed by atoms with Crippen LogP contribution in [0.25, 0.3) is 11.1 Å². The molecule has 0 spiro atoms. The molecule has 1 saturated heterocycles. The van der Waals surface area contributed by atoms with E-state index in [-0.39, 0.29) is 23.8 Å². The third-order valence-electron chi connectivity index (χ3n) is 7.21. The molecule has 6 nitrogen and oxygen atoms in total. The number of rotatable bonds is 4. The number of hydrogen-bond donors (Lipinski definition) is 0. The van der Waals surface area contributed by atoms with Gasteiger partial charge in [0.15, 0.2) is 0 Å². The summed E-state index contributed by atoms with van der Waals surface area (Å²) in [4.78, 5) is 30.4. The van der Waals surface area contributed by atoms with Gasteiger partial charge in [-0.25, -0.2) is 0 Å². The average Bonchev–Trinajstić information content (AvgIpc) is 3.53. The number of carbonyl (C=O) groups excluding carboxylic acids is 2. The Morgan fingerprint density at radius 2 is 1.88 bits per heavy atom. The van der Waals surface area contributed by atoms with Crippen LogP contribution >= 0.6 is 0 Å². The van der Waals surface area contributed by atoms with Gasteiger partial charge in [0.05, 0.1) is 12.8 Å². The molecule has 32 heavy (non-hydrogen) atoms. The molecular formula is C26H31N3O3. The van der Waals surface area contributed by atoms with Gasteiger partial charge >= 0.3 is 0 Å².